The molecule has 0 unspecified atom stereocenters. The molecular formula is C16H13BrN6O2. The van der Waals surface area contributed by atoms with Crippen molar-refractivity contribution >= 4 is 49.5 Å². The Morgan fingerprint density at radius 1 is 1.16 bits per heavy atom. The number of hydrogen-bond acceptors (Lipinski definition) is 6. The minimum atomic E-state index is -0.587. The summed E-state index contributed by atoms with van der Waals surface area (Å²) in [7, 11) is 2.02. The zero-order valence-corrected chi connectivity index (χ0v) is 14.7. The maximum Gasteiger partial charge on any atom is 0.365 e. The second kappa shape index (κ2) is 6.81. The summed E-state index contributed by atoms with van der Waals surface area (Å²) in [5.74, 6) is -0.0609. The van der Waals surface area contributed by atoms with Gasteiger partial charge in [0.1, 0.15) is 10.3 Å². The number of hydrogen-bond donors (Lipinski definition) is 1. The van der Waals surface area contributed by atoms with Crippen LogP contribution in [0.25, 0.3) is 21.9 Å². The molecule has 0 saturated heterocycles. The largest absolute Gasteiger partial charge is 0.365 e. The Balaban J connectivity index is 0.000000160. The molecule has 4 aromatic rings. The van der Waals surface area contributed by atoms with Gasteiger partial charge in [0, 0.05) is 42.3 Å². The van der Waals surface area contributed by atoms with Gasteiger partial charge in [-0.2, -0.15) is 0 Å². The molecule has 4 heterocycles. The number of aromatic nitrogens is 4. The number of halogens is 1. The molecule has 0 saturated carbocycles. The lowest BCUT2D eigenvalue weighted by Crippen LogP contribution is -1.95. The predicted molar refractivity (Wildman–Crippen MR) is 99.0 cm³/mol. The minimum absolute atomic E-state index is 0.161. The monoisotopic (exact) mass is 400 g/mol. The average molecular weight is 401 g/mol. The molecule has 0 aliphatic heterocycles. The lowest BCUT2D eigenvalue weighted by atomic mass is 10.2. The summed E-state index contributed by atoms with van der Waals surface area (Å²) in [6.45, 7) is 0. The van der Waals surface area contributed by atoms with Gasteiger partial charge in [-0.05, 0) is 50.1 Å². The van der Waals surface area contributed by atoms with Gasteiger partial charge in [0.2, 0.25) is 5.82 Å². The van der Waals surface area contributed by atoms with Crippen LogP contribution in [0.4, 0.5) is 11.6 Å². The van der Waals surface area contributed by atoms with E-state index in [9.17, 15) is 10.1 Å². The van der Waals surface area contributed by atoms with Gasteiger partial charge >= 0.3 is 5.82 Å². The second-order valence-corrected chi connectivity index (χ2v) is 5.95. The third kappa shape index (κ3) is 3.41. The summed E-state index contributed by atoms with van der Waals surface area (Å²) >= 11 is 3.38. The molecule has 9 heteroatoms. The summed E-state index contributed by atoms with van der Waals surface area (Å²) < 4.78 is 2.94. The number of pyridine rings is 3. The normalized spacial score (nSPS) is 10.5. The van der Waals surface area contributed by atoms with Crippen LogP contribution < -0.4 is 5.73 Å². The molecule has 0 amide bonds. The van der Waals surface area contributed by atoms with Crippen LogP contribution >= 0.6 is 15.9 Å². The van der Waals surface area contributed by atoms with Crippen LogP contribution in [0.2, 0.25) is 0 Å². The van der Waals surface area contributed by atoms with E-state index in [1.165, 1.54) is 18.2 Å². The first-order valence-corrected chi connectivity index (χ1v) is 7.98. The van der Waals surface area contributed by atoms with Crippen LogP contribution in [0.1, 0.15) is 0 Å². The van der Waals surface area contributed by atoms with Crippen molar-refractivity contribution in [3.8, 4) is 0 Å². The molecule has 0 aliphatic rings. The first-order chi connectivity index (χ1) is 12.0. The summed E-state index contributed by atoms with van der Waals surface area (Å²) in [5.41, 5.74) is 7.32. The van der Waals surface area contributed by atoms with E-state index < -0.39 is 4.92 Å². The molecule has 0 radical (unpaired) electrons. The van der Waals surface area contributed by atoms with Gasteiger partial charge in [0.25, 0.3) is 0 Å². The van der Waals surface area contributed by atoms with E-state index in [1.54, 1.807) is 6.20 Å². The van der Waals surface area contributed by atoms with E-state index in [-0.39, 0.29) is 11.6 Å². The van der Waals surface area contributed by atoms with Gasteiger partial charge < -0.3 is 20.4 Å². The zero-order chi connectivity index (χ0) is 18.0. The Hall–Kier alpha value is -3.07. The number of aryl methyl sites for hydroxylation is 1. The number of anilines is 1. The van der Waals surface area contributed by atoms with Crippen molar-refractivity contribution in [3.63, 3.8) is 0 Å². The van der Waals surface area contributed by atoms with Crippen molar-refractivity contribution in [2.24, 2.45) is 7.05 Å². The molecule has 0 aliphatic carbocycles. The number of fused-ring (bicyclic) bond motifs is 3. The number of rotatable bonds is 1. The Labute approximate surface area is 150 Å². The Morgan fingerprint density at radius 2 is 1.96 bits per heavy atom. The molecule has 0 fully saturated rings. The summed E-state index contributed by atoms with van der Waals surface area (Å²) in [4.78, 5) is 21.5. The average Bonchev–Trinajstić information content (AvgIpc) is 2.88. The molecule has 2 N–H and O–H groups in total. The molecule has 0 aromatic carbocycles. The van der Waals surface area contributed by atoms with E-state index in [1.807, 2.05) is 25.4 Å². The number of nitrogens with two attached hydrogens (primary N) is 1. The minimum Gasteiger partial charge on any atom is -0.363 e. The van der Waals surface area contributed by atoms with Crippen LogP contribution in [0.15, 0.2) is 53.4 Å². The van der Waals surface area contributed by atoms with Crippen LogP contribution in [0, 0.1) is 10.1 Å². The quantitative estimate of drug-likeness (QED) is 0.297. The number of nitrogens with zero attached hydrogens (tertiary/aromatic N) is 5. The van der Waals surface area contributed by atoms with Crippen molar-refractivity contribution in [3.05, 3.63) is 63.5 Å². The molecule has 0 spiro atoms. The molecule has 25 heavy (non-hydrogen) atoms. The van der Waals surface area contributed by atoms with Gasteiger partial charge in [-0.15, -0.1) is 0 Å². The highest BCUT2D eigenvalue weighted by atomic mass is 79.9. The Kier molecular flexibility index (Phi) is 4.57. The van der Waals surface area contributed by atoms with E-state index in [2.05, 4.69) is 41.5 Å². The van der Waals surface area contributed by atoms with Crippen molar-refractivity contribution in [1.82, 2.24) is 19.5 Å². The molecule has 8 nitrogen and oxygen atoms in total. The standard InChI is InChI=1S/C11H8BrN3.C5H5N3O2/c1-15-9-4-5-13-6-8(9)7-2-3-10(12)14-11(7)15;6-4-2-1-3-5(7-4)8(9)10/h2-6H,1H3;1-3H,(H2,6,7). The third-order valence-electron chi connectivity index (χ3n) is 3.55. The van der Waals surface area contributed by atoms with Crippen molar-refractivity contribution in [2.75, 3.05) is 5.73 Å². The lowest BCUT2D eigenvalue weighted by molar-refractivity contribution is -0.389. The maximum atomic E-state index is 10.0. The topological polar surface area (TPSA) is 113 Å². The predicted octanol–water partition coefficient (Wildman–Crippen LogP) is 3.46. The molecule has 0 bridgehead atoms. The number of nitro groups is 1. The number of nitrogen functional groups attached to an aromatic ring is 1. The highest BCUT2D eigenvalue weighted by molar-refractivity contribution is 9.10. The van der Waals surface area contributed by atoms with Gasteiger partial charge in [-0.1, -0.05) is 0 Å². The summed E-state index contributed by atoms with van der Waals surface area (Å²) in [6, 6.07) is 10.3. The van der Waals surface area contributed by atoms with Crippen LogP contribution in [-0.4, -0.2) is 24.4 Å². The van der Waals surface area contributed by atoms with E-state index >= 15 is 0 Å². The van der Waals surface area contributed by atoms with E-state index in [0.29, 0.717) is 0 Å². The van der Waals surface area contributed by atoms with Crippen LogP contribution in [-0.2, 0) is 7.05 Å². The lowest BCUT2D eigenvalue weighted by Gasteiger charge is -1.96. The zero-order valence-electron chi connectivity index (χ0n) is 13.1. The molecule has 4 rings (SSSR count). The molecule has 126 valence electrons. The van der Waals surface area contributed by atoms with Crippen LogP contribution in [0.5, 0.6) is 0 Å². The van der Waals surface area contributed by atoms with Crippen LogP contribution in [0.3, 0.4) is 0 Å². The first-order valence-electron chi connectivity index (χ1n) is 7.19. The van der Waals surface area contributed by atoms with Crippen molar-refractivity contribution in [1.29, 1.82) is 0 Å². The highest BCUT2D eigenvalue weighted by Gasteiger charge is 2.08. The summed E-state index contributed by atoms with van der Waals surface area (Å²) in [6.07, 6.45) is 3.68. The maximum absolute atomic E-state index is 10.0. The molecule has 0 atom stereocenters. The fourth-order valence-electron chi connectivity index (χ4n) is 2.43. The summed E-state index contributed by atoms with van der Waals surface area (Å²) in [5, 5.41) is 12.3. The fourth-order valence-corrected chi connectivity index (χ4v) is 2.73. The Bertz CT molecular complexity index is 1080. The smallest absolute Gasteiger partial charge is 0.363 e. The second-order valence-electron chi connectivity index (χ2n) is 5.13. The van der Waals surface area contributed by atoms with Gasteiger partial charge in [0.05, 0.1) is 5.52 Å². The van der Waals surface area contributed by atoms with Crippen molar-refractivity contribution < 1.29 is 4.92 Å². The molecular weight excluding hydrogens is 388 g/mol. The first kappa shape index (κ1) is 16.8. The fraction of sp³-hybridized carbons (Fsp3) is 0.0625. The van der Waals surface area contributed by atoms with E-state index in [0.717, 1.165) is 26.5 Å². The Morgan fingerprint density at radius 3 is 2.64 bits per heavy atom. The van der Waals surface area contributed by atoms with Gasteiger partial charge in [-0.25, -0.2) is 4.98 Å². The van der Waals surface area contributed by atoms with Gasteiger partial charge in [0.15, 0.2) is 0 Å². The molecule has 4 aromatic heterocycles. The highest BCUT2D eigenvalue weighted by Crippen LogP contribution is 2.26. The van der Waals surface area contributed by atoms with E-state index in [4.69, 9.17) is 5.73 Å². The SMILES string of the molecule is Cn1c2ccncc2c2ccc(Br)nc21.Nc1cccc([N+](=O)[O-])n1. The third-order valence-corrected chi connectivity index (χ3v) is 3.99. The van der Waals surface area contributed by atoms with Gasteiger partial charge in [-0.3, -0.25) is 4.98 Å². The van der Waals surface area contributed by atoms with Crippen molar-refractivity contribution in [2.45, 2.75) is 0 Å².